The maximum atomic E-state index is 13.6. The second-order valence-electron chi connectivity index (χ2n) is 7.94. The fourth-order valence-corrected chi connectivity index (χ4v) is 9.88. The number of ketones is 2. The fraction of sp³-hybridized carbons (Fsp3) is 0.0714. The van der Waals surface area contributed by atoms with Crippen molar-refractivity contribution >= 4 is 39.4 Å². The van der Waals surface area contributed by atoms with Crippen molar-refractivity contribution in [3.05, 3.63) is 132 Å². The number of hydrogen-bond acceptors (Lipinski definition) is 2. The Bertz CT molecular complexity index is 1110. The van der Waals surface area contributed by atoms with E-state index in [1.807, 2.05) is 97.1 Å². The molecule has 4 aromatic rings. The van der Waals surface area contributed by atoms with Crippen LogP contribution >= 0.6 is 17.2 Å². The Morgan fingerprint density at radius 1 is 0.500 bits per heavy atom. The summed E-state index contributed by atoms with van der Waals surface area (Å²) in [5, 5.41) is 1.69. The molecule has 0 aliphatic carbocycles. The van der Waals surface area contributed by atoms with Crippen molar-refractivity contribution < 1.29 is 9.59 Å². The summed E-state index contributed by atoms with van der Waals surface area (Å²) in [6.07, 6.45) is 0.146. The zero-order valence-electron chi connectivity index (χ0n) is 17.6. The van der Waals surface area contributed by atoms with Gasteiger partial charge in [0.25, 0.3) is 0 Å². The van der Waals surface area contributed by atoms with E-state index in [1.54, 1.807) is 24.3 Å². The van der Waals surface area contributed by atoms with E-state index in [4.69, 9.17) is 11.2 Å². The molecule has 0 fully saturated rings. The number of Topliss-reactive ketones (excluding diaryl/α,β-unsaturated/α-hetero) is 2. The summed E-state index contributed by atoms with van der Waals surface area (Å²) in [4.78, 5) is 27.1. The summed E-state index contributed by atoms with van der Waals surface area (Å²) in [5.41, 5.74) is 1.20. The third-order valence-corrected chi connectivity index (χ3v) is 12.6. The van der Waals surface area contributed by atoms with Crippen LogP contribution in [0.25, 0.3) is 0 Å². The van der Waals surface area contributed by atoms with Gasteiger partial charge in [-0.3, -0.25) is 0 Å². The van der Waals surface area contributed by atoms with Gasteiger partial charge in [0, 0.05) is 0 Å². The molecule has 160 valence electrons. The van der Waals surface area contributed by atoms with Crippen LogP contribution < -0.4 is 10.6 Å². The number of carbonyl (C=O) groups is 2. The van der Waals surface area contributed by atoms with Gasteiger partial charge in [-0.15, -0.1) is 0 Å². The van der Waals surface area contributed by atoms with Crippen LogP contribution in [0.3, 0.4) is 0 Å². The standard InChI is InChI=1S/C28H24ClO2P/c29-32(25-17-9-3-10-18-25,26-19-11-4-12-20-26,21-27(30)23-13-5-1-6-14-23)22-28(31)24-15-7-2-8-16-24/h1-20H,21-22H2. The van der Waals surface area contributed by atoms with Gasteiger partial charge in [-0.25, -0.2) is 0 Å². The Balaban J connectivity index is 1.92. The van der Waals surface area contributed by atoms with Gasteiger partial charge in [-0.2, -0.15) is 0 Å². The summed E-state index contributed by atoms with van der Waals surface area (Å²) >= 11 is 7.83. The van der Waals surface area contributed by atoms with E-state index in [-0.39, 0.29) is 23.9 Å². The van der Waals surface area contributed by atoms with Crippen LogP contribution in [0.5, 0.6) is 0 Å². The predicted octanol–water partition coefficient (Wildman–Crippen LogP) is 6.11. The summed E-state index contributed by atoms with van der Waals surface area (Å²) in [5.74, 6) is -3.91. The van der Waals surface area contributed by atoms with E-state index in [1.165, 1.54) is 0 Å². The Morgan fingerprint density at radius 2 is 0.781 bits per heavy atom. The number of carbonyl (C=O) groups excluding carboxylic acids is 2. The summed E-state index contributed by atoms with van der Waals surface area (Å²) < 4.78 is 0. The number of benzene rings is 4. The molecule has 0 atom stereocenters. The van der Waals surface area contributed by atoms with Crippen molar-refractivity contribution in [3.63, 3.8) is 0 Å². The molecule has 32 heavy (non-hydrogen) atoms. The number of rotatable bonds is 8. The zero-order valence-corrected chi connectivity index (χ0v) is 19.3. The van der Waals surface area contributed by atoms with Crippen molar-refractivity contribution in [2.24, 2.45) is 0 Å². The Kier molecular flexibility index (Phi) is 6.37. The summed E-state index contributed by atoms with van der Waals surface area (Å²) in [6, 6.07) is 37.7. The average Bonchev–Trinajstić information content (AvgIpc) is 2.86. The first-order chi connectivity index (χ1) is 15.5. The SMILES string of the molecule is O=C(CP(Cl)(CC(=O)c1ccccc1)(c1ccccc1)c1ccccc1)c1ccccc1. The molecule has 4 heteroatoms. The molecule has 4 rings (SSSR count). The molecular formula is C28H24ClO2P. The van der Waals surface area contributed by atoms with E-state index < -0.39 is 5.96 Å². The van der Waals surface area contributed by atoms with Gasteiger partial charge in [0.15, 0.2) is 0 Å². The Hall–Kier alpha value is -3.06. The molecule has 0 amide bonds. The van der Waals surface area contributed by atoms with E-state index in [0.29, 0.717) is 11.1 Å². The molecular weight excluding hydrogens is 435 g/mol. The van der Waals surface area contributed by atoms with E-state index in [0.717, 1.165) is 10.6 Å². The molecule has 0 aliphatic heterocycles. The molecule has 0 heterocycles. The van der Waals surface area contributed by atoms with Crippen LogP contribution in [0, 0.1) is 0 Å². The van der Waals surface area contributed by atoms with Gasteiger partial charge in [-0.05, 0) is 0 Å². The third kappa shape index (κ3) is 4.30. The number of hydrogen-bond donors (Lipinski definition) is 0. The average molecular weight is 459 g/mol. The monoisotopic (exact) mass is 458 g/mol. The van der Waals surface area contributed by atoms with Crippen LogP contribution in [0.4, 0.5) is 0 Å². The van der Waals surface area contributed by atoms with Gasteiger partial charge >= 0.3 is 194 Å². The topological polar surface area (TPSA) is 34.1 Å². The van der Waals surface area contributed by atoms with Gasteiger partial charge < -0.3 is 0 Å². The summed E-state index contributed by atoms with van der Waals surface area (Å²) in [6.45, 7) is 0. The molecule has 0 saturated heterocycles. The maximum absolute atomic E-state index is 13.6. The van der Waals surface area contributed by atoms with Crippen molar-refractivity contribution in [1.82, 2.24) is 0 Å². The van der Waals surface area contributed by atoms with E-state index >= 15 is 0 Å². The molecule has 2 nitrogen and oxygen atoms in total. The van der Waals surface area contributed by atoms with Gasteiger partial charge in [0.05, 0.1) is 0 Å². The van der Waals surface area contributed by atoms with Crippen LogP contribution in [0.15, 0.2) is 121 Å². The normalized spacial score (nSPS) is 12.5. The first-order valence-electron chi connectivity index (χ1n) is 10.5. The van der Waals surface area contributed by atoms with Crippen molar-refractivity contribution in [2.45, 2.75) is 0 Å². The third-order valence-electron chi connectivity index (χ3n) is 5.83. The second kappa shape index (κ2) is 9.20. The van der Waals surface area contributed by atoms with Gasteiger partial charge in [0.2, 0.25) is 0 Å². The zero-order chi connectivity index (χ0) is 22.5. The summed E-state index contributed by atoms with van der Waals surface area (Å²) in [7, 11) is 0. The van der Waals surface area contributed by atoms with Gasteiger partial charge in [-0.1, -0.05) is 0 Å². The minimum absolute atomic E-state index is 0.0631. The molecule has 4 aromatic carbocycles. The first-order valence-corrected chi connectivity index (χ1v) is 14.0. The molecule has 0 bridgehead atoms. The van der Waals surface area contributed by atoms with Gasteiger partial charge in [0.1, 0.15) is 0 Å². The molecule has 0 unspecified atom stereocenters. The van der Waals surface area contributed by atoms with Crippen molar-refractivity contribution in [1.29, 1.82) is 0 Å². The second-order valence-corrected chi connectivity index (χ2v) is 14.8. The molecule has 0 spiro atoms. The predicted molar refractivity (Wildman–Crippen MR) is 136 cm³/mol. The van der Waals surface area contributed by atoms with Crippen LogP contribution in [-0.4, -0.2) is 23.9 Å². The molecule has 0 radical (unpaired) electrons. The Labute approximate surface area is 193 Å². The molecule has 0 saturated carbocycles. The molecule has 0 aromatic heterocycles. The van der Waals surface area contributed by atoms with Crippen LogP contribution in [0.2, 0.25) is 0 Å². The minimum atomic E-state index is -3.78. The fourth-order valence-electron chi connectivity index (χ4n) is 4.14. The van der Waals surface area contributed by atoms with E-state index in [9.17, 15) is 9.59 Å². The van der Waals surface area contributed by atoms with Crippen LogP contribution in [-0.2, 0) is 0 Å². The Morgan fingerprint density at radius 3 is 1.09 bits per heavy atom. The van der Waals surface area contributed by atoms with Crippen molar-refractivity contribution in [3.8, 4) is 0 Å². The quantitative estimate of drug-likeness (QED) is 0.236. The van der Waals surface area contributed by atoms with E-state index in [2.05, 4.69) is 0 Å². The molecule has 0 aliphatic rings. The molecule has 0 N–H and O–H groups in total. The number of halogens is 1. The van der Waals surface area contributed by atoms with Crippen molar-refractivity contribution in [2.75, 3.05) is 12.3 Å². The van der Waals surface area contributed by atoms with Crippen LogP contribution in [0.1, 0.15) is 20.7 Å². The first kappa shape index (κ1) is 22.1.